The maximum absolute atomic E-state index is 13.1. The summed E-state index contributed by atoms with van der Waals surface area (Å²) in [6.07, 6.45) is -0.456. The van der Waals surface area contributed by atoms with Crippen molar-refractivity contribution >= 4 is 17.0 Å². The van der Waals surface area contributed by atoms with Crippen molar-refractivity contribution in [2.45, 2.75) is 44.9 Å². The lowest BCUT2D eigenvalue weighted by Gasteiger charge is -2.31. The first-order valence-electron chi connectivity index (χ1n) is 11.4. The van der Waals surface area contributed by atoms with Gasteiger partial charge in [-0.2, -0.15) is 13.2 Å². The average Bonchev–Trinajstić information content (AvgIpc) is 3.36. The van der Waals surface area contributed by atoms with E-state index in [0.717, 1.165) is 66.9 Å². The van der Waals surface area contributed by atoms with Gasteiger partial charge in [0.1, 0.15) is 0 Å². The number of nitrogen functional groups attached to an aromatic ring is 1. The second-order valence-electron chi connectivity index (χ2n) is 9.04. The molecule has 0 aliphatic carbocycles. The Kier molecular flexibility index (Phi) is 5.81. The van der Waals surface area contributed by atoms with E-state index in [-0.39, 0.29) is 6.54 Å². The van der Waals surface area contributed by atoms with Crippen LogP contribution in [-0.2, 0) is 19.3 Å². The summed E-state index contributed by atoms with van der Waals surface area (Å²) in [6, 6.07) is 11.4. The van der Waals surface area contributed by atoms with Gasteiger partial charge in [-0.05, 0) is 68.2 Å². The van der Waals surface area contributed by atoms with E-state index < -0.39 is 11.7 Å². The van der Waals surface area contributed by atoms with Gasteiger partial charge in [-0.15, -0.1) is 0 Å². The van der Waals surface area contributed by atoms with Gasteiger partial charge in [-0.3, -0.25) is 4.90 Å². The zero-order valence-corrected chi connectivity index (χ0v) is 18.9. The van der Waals surface area contributed by atoms with E-state index >= 15 is 0 Å². The van der Waals surface area contributed by atoms with Crippen LogP contribution in [-0.4, -0.2) is 37.5 Å². The van der Waals surface area contributed by atoms with Crippen LogP contribution in [0.3, 0.4) is 0 Å². The Hall–Kier alpha value is -3.33. The van der Waals surface area contributed by atoms with Gasteiger partial charge in [0.2, 0.25) is 5.95 Å². The molecule has 0 atom stereocenters. The van der Waals surface area contributed by atoms with Crippen molar-refractivity contribution in [3.05, 3.63) is 76.9 Å². The highest BCUT2D eigenvalue weighted by Crippen LogP contribution is 2.31. The van der Waals surface area contributed by atoms with E-state index in [0.29, 0.717) is 17.4 Å². The number of aryl methyl sites for hydroxylation is 1. The van der Waals surface area contributed by atoms with Gasteiger partial charge >= 0.3 is 6.18 Å². The molecule has 3 N–H and O–H groups in total. The standard InChI is InChI=1S/C25H27F3N6/c1-16-23(31-15-30-16)19-7-9-33(10-8-19)13-18-5-6-22-21(12-18)32-24(29)34(22)14-17-3-2-4-20(11-17)25(26,27)28/h2-6,11-12,15,19H,7-10,13-14H2,1H3,(H2,29,32)(H,30,31). The van der Waals surface area contributed by atoms with Gasteiger partial charge < -0.3 is 15.3 Å². The summed E-state index contributed by atoms with van der Waals surface area (Å²) in [5.41, 5.74) is 11.1. The molecule has 3 heterocycles. The molecule has 4 aromatic rings. The van der Waals surface area contributed by atoms with Crippen molar-refractivity contribution < 1.29 is 13.2 Å². The highest BCUT2D eigenvalue weighted by atomic mass is 19.4. The fraction of sp³-hybridized carbons (Fsp3) is 0.360. The molecule has 0 saturated carbocycles. The van der Waals surface area contributed by atoms with Crippen LogP contribution >= 0.6 is 0 Å². The number of nitrogens with zero attached hydrogens (tertiary/aromatic N) is 4. The van der Waals surface area contributed by atoms with E-state index in [4.69, 9.17) is 5.73 Å². The third-order valence-corrected chi connectivity index (χ3v) is 6.69. The Morgan fingerprint density at radius 3 is 2.53 bits per heavy atom. The molecule has 0 radical (unpaired) electrons. The number of imidazole rings is 2. The number of halogens is 3. The third kappa shape index (κ3) is 4.52. The van der Waals surface area contributed by atoms with Crippen molar-refractivity contribution in [2.24, 2.45) is 0 Å². The number of benzene rings is 2. The Balaban J connectivity index is 1.29. The van der Waals surface area contributed by atoms with E-state index in [1.807, 2.05) is 12.1 Å². The predicted molar refractivity (Wildman–Crippen MR) is 125 cm³/mol. The Labute approximate surface area is 195 Å². The van der Waals surface area contributed by atoms with Crippen molar-refractivity contribution in [3.63, 3.8) is 0 Å². The largest absolute Gasteiger partial charge is 0.416 e. The lowest BCUT2D eigenvalue weighted by Crippen LogP contribution is -2.32. The molecule has 6 nitrogen and oxygen atoms in total. The maximum atomic E-state index is 13.1. The van der Waals surface area contributed by atoms with Crippen molar-refractivity contribution in [3.8, 4) is 0 Å². The summed E-state index contributed by atoms with van der Waals surface area (Å²) in [5, 5.41) is 0. The number of fused-ring (bicyclic) bond motifs is 1. The molecule has 5 rings (SSSR count). The number of nitrogens with two attached hydrogens (primary N) is 1. The van der Waals surface area contributed by atoms with E-state index in [1.54, 1.807) is 17.0 Å². The zero-order valence-electron chi connectivity index (χ0n) is 18.9. The van der Waals surface area contributed by atoms with Crippen molar-refractivity contribution in [1.29, 1.82) is 0 Å². The summed E-state index contributed by atoms with van der Waals surface area (Å²) >= 11 is 0. The summed E-state index contributed by atoms with van der Waals surface area (Å²) in [5.74, 6) is 0.788. The lowest BCUT2D eigenvalue weighted by molar-refractivity contribution is -0.137. The third-order valence-electron chi connectivity index (χ3n) is 6.69. The molecule has 1 aliphatic rings. The van der Waals surface area contributed by atoms with Gasteiger partial charge in [0, 0.05) is 18.2 Å². The van der Waals surface area contributed by atoms with Crippen molar-refractivity contribution in [2.75, 3.05) is 18.8 Å². The van der Waals surface area contributed by atoms with Gasteiger partial charge in [0.25, 0.3) is 0 Å². The van der Waals surface area contributed by atoms with Crippen LogP contribution in [0.2, 0.25) is 0 Å². The molecule has 9 heteroatoms. The number of aromatic nitrogens is 4. The van der Waals surface area contributed by atoms with E-state index in [1.165, 1.54) is 11.8 Å². The number of nitrogens with one attached hydrogen (secondary N) is 1. The normalized spacial score (nSPS) is 15.9. The predicted octanol–water partition coefficient (Wildman–Crippen LogP) is 5.10. The number of anilines is 1. The average molecular weight is 469 g/mol. The first-order chi connectivity index (χ1) is 16.3. The lowest BCUT2D eigenvalue weighted by atomic mass is 9.92. The fourth-order valence-electron chi connectivity index (χ4n) is 4.89. The molecular weight excluding hydrogens is 441 g/mol. The number of alkyl halides is 3. The topological polar surface area (TPSA) is 75.8 Å². The summed E-state index contributed by atoms with van der Waals surface area (Å²) in [7, 11) is 0. The van der Waals surface area contributed by atoms with Crippen LogP contribution in [0.5, 0.6) is 0 Å². The highest BCUT2D eigenvalue weighted by molar-refractivity contribution is 5.79. The summed E-state index contributed by atoms with van der Waals surface area (Å²) in [4.78, 5) is 14.6. The number of piperidine rings is 1. The van der Waals surface area contributed by atoms with Gasteiger partial charge in [0.15, 0.2) is 0 Å². The molecule has 0 bridgehead atoms. The smallest absolute Gasteiger partial charge is 0.369 e. The van der Waals surface area contributed by atoms with Crippen molar-refractivity contribution in [1.82, 2.24) is 24.4 Å². The van der Waals surface area contributed by atoms with E-state index in [2.05, 4.69) is 32.8 Å². The molecule has 34 heavy (non-hydrogen) atoms. The van der Waals surface area contributed by atoms with Gasteiger partial charge in [0.05, 0.1) is 35.2 Å². The number of rotatable bonds is 5. The van der Waals surface area contributed by atoms with E-state index in [9.17, 15) is 13.2 Å². The Morgan fingerprint density at radius 1 is 1.06 bits per heavy atom. The maximum Gasteiger partial charge on any atom is 0.416 e. The Morgan fingerprint density at radius 2 is 1.82 bits per heavy atom. The number of aromatic amines is 1. The van der Waals surface area contributed by atoms with Crippen LogP contribution < -0.4 is 5.73 Å². The summed E-state index contributed by atoms with van der Waals surface area (Å²) in [6.45, 7) is 5.12. The van der Waals surface area contributed by atoms with Crippen LogP contribution in [0.1, 0.15) is 46.8 Å². The second kappa shape index (κ2) is 8.79. The SMILES string of the molecule is Cc1[nH]cnc1C1CCN(Cc2ccc3c(c2)nc(N)n3Cc2cccc(C(F)(F)F)c2)CC1. The number of H-pyrrole nitrogens is 1. The minimum atomic E-state index is -4.38. The van der Waals surface area contributed by atoms with Crippen LogP contribution in [0.15, 0.2) is 48.8 Å². The van der Waals surface area contributed by atoms with Gasteiger partial charge in [-0.25, -0.2) is 9.97 Å². The number of likely N-dealkylation sites (tertiary alicyclic amines) is 1. The Bertz CT molecular complexity index is 1300. The first-order valence-corrected chi connectivity index (χ1v) is 11.4. The molecule has 0 amide bonds. The minimum absolute atomic E-state index is 0.228. The second-order valence-corrected chi connectivity index (χ2v) is 9.04. The number of hydrogen-bond donors (Lipinski definition) is 2. The molecule has 1 saturated heterocycles. The molecule has 178 valence electrons. The molecule has 2 aromatic heterocycles. The summed E-state index contributed by atoms with van der Waals surface area (Å²) < 4.78 is 41.0. The van der Waals surface area contributed by atoms with Crippen LogP contribution in [0.25, 0.3) is 11.0 Å². The minimum Gasteiger partial charge on any atom is -0.369 e. The molecule has 0 unspecified atom stereocenters. The highest BCUT2D eigenvalue weighted by Gasteiger charge is 2.30. The van der Waals surface area contributed by atoms with Crippen LogP contribution in [0, 0.1) is 6.92 Å². The monoisotopic (exact) mass is 468 g/mol. The fourth-order valence-corrected chi connectivity index (χ4v) is 4.89. The number of hydrogen-bond acceptors (Lipinski definition) is 4. The van der Waals surface area contributed by atoms with Crippen LogP contribution in [0.4, 0.5) is 19.1 Å². The zero-order chi connectivity index (χ0) is 23.9. The molecular formula is C25H27F3N6. The molecule has 0 spiro atoms. The first kappa shape index (κ1) is 22.5. The molecule has 1 aliphatic heterocycles. The van der Waals surface area contributed by atoms with Gasteiger partial charge in [-0.1, -0.05) is 18.2 Å². The molecule has 2 aromatic carbocycles. The molecule has 1 fully saturated rings. The quantitative estimate of drug-likeness (QED) is 0.428.